The minimum absolute atomic E-state index is 0.167. The van der Waals surface area contributed by atoms with E-state index in [0.29, 0.717) is 35.6 Å². The second kappa shape index (κ2) is 5.20. The predicted octanol–water partition coefficient (Wildman–Crippen LogP) is 1.09. The van der Waals surface area contributed by atoms with Crippen LogP contribution in [0.25, 0.3) is 10.9 Å². The van der Waals surface area contributed by atoms with Gasteiger partial charge in [0.1, 0.15) is 0 Å². The highest BCUT2D eigenvalue weighted by molar-refractivity contribution is 6.17. The van der Waals surface area contributed by atoms with E-state index in [9.17, 15) is 9.59 Å². The van der Waals surface area contributed by atoms with E-state index in [-0.39, 0.29) is 18.0 Å². The fraction of sp³-hybridized carbons (Fsp3) is 0.385. The van der Waals surface area contributed by atoms with Crippen LogP contribution in [-0.2, 0) is 6.54 Å². The number of fused-ring (bicyclic) bond motifs is 2. The first kappa shape index (κ1) is 13.1. The molecule has 0 radical (unpaired) electrons. The standard InChI is InChI=1S/C13H13ClN2O4/c14-2-3-16-12(17)8-6-10-11(20-5-1-4-19-10)7-9(8)15-13(16)18/h6-7H,1-5H2,(H,15,18). The molecule has 0 saturated carbocycles. The number of aromatic nitrogens is 2. The number of halogens is 1. The van der Waals surface area contributed by atoms with Gasteiger partial charge in [0.2, 0.25) is 0 Å². The molecule has 2 heterocycles. The molecular weight excluding hydrogens is 284 g/mol. The molecule has 20 heavy (non-hydrogen) atoms. The number of ether oxygens (including phenoxy) is 2. The molecule has 0 atom stereocenters. The van der Waals surface area contributed by atoms with Crippen LogP contribution < -0.4 is 20.7 Å². The maximum Gasteiger partial charge on any atom is 0.328 e. The molecule has 1 aliphatic rings. The Morgan fingerprint density at radius 3 is 2.60 bits per heavy atom. The Morgan fingerprint density at radius 2 is 1.90 bits per heavy atom. The molecule has 0 fully saturated rings. The molecule has 0 bridgehead atoms. The fourth-order valence-corrected chi connectivity index (χ4v) is 2.37. The molecule has 3 rings (SSSR count). The highest BCUT2D eigenvalue weighted by atomic mass is 35.5. The molecule has 1 aromatic heterocycles. The second-order valence-corrected chi connectivity index (χ2v) is 4.85. The fourth-order valence-electron chi connectivity index (χ4n) is 2.20. The van der Waals surface area contributed by atoms with Gasteiger partial charge in [0.05, 0.1) is 24.1 Å². The van der Waals surface area contributed by atoms with Gasteiger partial charge in [-0.15, -0.1) is 11.6 Å². The van der Waals surface area contributed by atoms with Crippen molar-refractivity contribution in [3.8, 4) is 11.5 Å². The third-order valence-corrected chi connectivity index (χ3v) is 3.33. The summed E-state index contributed by atoms with van der Waals surface area (Å²) in [6, 6.07) is 3.24. The number of nitrogens with one attached hydrogen (secondary N) is 1. The highest BCUT2D eigenvalue weighted by Gasteiger charge is 2.15. The molecule has 0 spiro atoms. The number of benzene rings is 1. The molecule has 0 aliphatic carbocycles. The Hall–Kier alpha value is -1.95. The van der Waals surface area contributed by atoms with Crippen LogP contribution in [0.4, 0.5) is 0 Å². The smallest absolute Gasteiger partial charge is 0.328 e. The van der Waals surface area contributed by atoms with Crippen molar-refractivity contribution in [1.29, 1.82) is 0 Å². The van der Waals surface area contributed by atoms with Crippen molar-refractivity contribution in [3.63, 3.8) is 0 Å². The minimum Gasteiger partial charge on any atom is -0.490 e. The van der Waals surface area contributed by atoms with Crippen molar-refractivity contribution < 1.29 is 9.47 Å². The molecular formula is C13H13ClN2O4. The summed E-state index contributed by atoms with van der Waals surface area (Å²) >= 11 is 5.61. The predicted molar refractivity (Wildman–Crippen MR) is 75.2 cm³/mol. The quantitative estimate of drug-likeness (QED) is 0.842. The van der Waals surface area contributed by atoms with Gasteiger partial charge in [-0.05, 0) is 6.07 Å². The van der Waals surface area contributed by atoms with Crippen molar-refractivity contribution in [2.75, 3.05) is 19.1 Å². The number of H-pyrrole nitrogens is 1. The first-order valence-electron chi connectivity index (χ1n) is 6.33. The minimum atomic E-state index is -0.474. The third kappa shape index (κ3) is 2.16. The average molecular weight is 297 g/mol. The van der Waals surface area contributed by atoms with E-state index in [1.165, 1.54) is 0 Å². The Bertz CT molecular complexity index is 765. The number of nitrogens with zero attached hydrogens (tertiary/aromatic N) is 1. The van der Waals surface area contributed by atoms with Crippen molar-refractivity contribution in [2.45, 2.75) is 13.0 Å². The Kier molecular flexibility index (Phi) is 3.40. The van der Waals surface area contributed by atoms with Crippen LogP contribution in [0, 0.1) is 0 Å². The molecule has 2 aromatic rings. The first-order valence-corrected chi connectivity index (χ1v) is 6.86. The van der Waals surface area contributed by atoms with Crippen LogP contribution in [0.2, 0.25) is 0 Å². The van der Waals surface area contributed by atoms with Gasteiger partial charge >= 0.3 is 5.69 Å². The van der Waals surface area contributed by atoms with Crippen LogP contribution in [0.5, 0.6) is 11.5 Å². The van der Waals surface area contributed by atoms with E-state index >= 15 is 0 Å². The summed E-state index contributed by atoms with van der Waals surface area (Å²) in [5, 5.41) is 0.388. The zero-order valence-corrected chi connectivity index (χ0v) is 11.4. The largest absolute Gasteiger partial charge is 0.490 e. The van der Waals surface area contributed by atoms with E-state index in [1.54, 1.807) is 12.1 Å². The summed E-state index contributed by atoms with van der Waals surface area (Å²) in [5.74, 6) is 1.26. The number of alkyl halides is 1. The lowest BCUT2D eigenvalue weighted by Gasteiger charge is -2.10. The van der Waals surface area contributed by atoms with Gasteiger partial charge < -0.3 is 14.5 Å². The maximum atomic E-state index is 12.3. The summed E-state index contributed by atoms with van der Waals surface area (Å²) in [7, 11) is 0. The lowest BCUT2D eigenvalue weighted by molar-refractivity contribution is 0.297. The van der Waals surface area contributed by atoms with Crippen LogP contribution >= 0.6 is 11.6 Å². The van der Waals surface area contributed by atoms with Crippen molar-refractivity contribution in [3.05, 3.63) is 33.0 Å². The van der Waals surface area contributed by atoms with Crippen molar-refractivity contribution >= 4 is 22.5 Å². The molecule has 106 valence electrons. The van der Waals surface area contributed by atoms with Gasteiger partial charge in [-0.25, -0.2) is 4.79 Å². The molecule has 7 heteroatoms. The Morgan fingerprint density at radius 1 is 1.20 bits per heavy atom. The van der Waals surface area contributed by atoms with Crippen LogP contribution in [-0.4, -0.2) is 28.6 Å². The zero-order chi connectivity index (χ0) is 14.1. The zero-order valence-electron chi connectivity index (χ0n) is 10.6. The topological polar surface area (TPSA) is 73.3 Å². The van der Waals surface area contributed by atoms with Crippen LogP contribution in [0.1, 0.15) is 6.42 Å². The lowest BCUT2D eigenvalue weighted by atomic mass is 10.2. The summed E-state index contributed by atoms with van der Waals surface area (Å²) in [4.78, 5) is 26.8. The normalized spacial score (nSPS) is 14.2. The van der Waals surface area contributed by atoms with E-state index in [2.05, 4.69) is 4.98 Å². The Labute approximate surface area is 118 Å². The summed E-state index contributed by atoms with van der Waals surface area (Å²) in [6.45, 7) is 1.25. The lowest BCUT2D eigenvalue weighted by Crippen LogP contribution is -2.35. The van der Waals surface area contributed by atoms with Crippen molar-refractivity contribution in [1.82, 2.24) is 9.55 Å². The molecule has 1 aromatic carbocycles. The van der Waals surface area contributed by atoms with Crippen molar-refractivity contribution in [2.24, 2.45) is 0 Å². The summed E-state index contributed by atoms with van der Waals surface area (Å²) < 4.78 is 12.2. The maximum absolute atomic E-state index is 12.3. The van der Waals surface area contributed by atoms with Gasteiger partial charge in [-0.1, -0.05) is 0 Å². The number of hydrogen-bond acceptors (Lipinski definition) is 4. The monoisotopic (exact) mass is 296 g/mol. The van der Waals surface area contributed by atoms with E-state index in [1.807, 2.05) is 0 Å². The highest BCUT2D eigenvalue weighted by Crippen LogP contribution is 2.32. The molecule has 0 amide bonds. The average Bonchev–Trinajstić information content (AvgIpc) is 2.66. The summed E-state index contributed by atoms with van der Waals surface area (Å²) in [5.41, 5.74) is -0.409. The van der Waals surface area contributed by atoms with Gasteiger partial charge in [0, 0.05) is 24.9 Å². The molecule has 1 N–H and O–H groups in total. The van der Waals surface area contributed by atoms with Gasteiger partial charge in [0.25, 0.3) is 5.56 Å². The Balaban J connectivity index is 2.27. The molecule has 0 unspecified atom stereocenters. The van der Waals surface area contributed by atoms with Gasteiger partial charge in [-0.2, -0.15) is 0 Å². The number of hydrogen-bond donors (Lipinski definition) is 1. The van der Waals surface area contributed by atoms with Crippen LogP contribution in [0.15, 0.2) is 21.7 Å². The third-order valence-electron chi connectivity index (χ3n) is 3.16. The second-order valence-electron chi connectivity index (χ2n) is 4.47. The van der Waals surface area contributed by atoms with Gasteiger partial charge in [-0.3, -0.25) is 9.36 Å². The summed E-state index contributed by atoms with van der Waals surface area (Å²) in [6.07, 6.45) is 0.776. The number of aromatic amines is 1. The van der Waals surface area contributed by atoms with E-state index in [4.69, 9.17) is 21.1 Å². The first-order chi connectivity index (χ1) is 9.70. The van der Waals surface area contributed by atoms with E-state index in [0.717, 1.165) is 11.0 Å². The molecule has 1 aliphatic heterocycles. The van der Waals surface area contributed by atoms with Crippen LogP contribution in [0.3, 0.4) is 0 Å². The van der Waals surface area contributed by atoms with Gasteiger partial charge in [0.15, 0.2) is 11.5 Å². The SMILES string of the molecule is O=c1[nH]c2cc3c(cc2c(=O)n1CCCl)OCCCO3. The molecule has 0 saturated heterocycles. The number of rotatable bonds is 2. The van der Waals surface area contributed by atoms with E-state index < -0.39 is 5.69 Å². The molecule has 6 nitrogen and oxygen atoms in total.